The highest BCUT2D eigenvalue weighted by Crippen LogP contribution is 2.32. The lowest BCUT2D eigenvalue weighted by Crippen LogP contribution is -2.59. The number of carbonyl (C=O) groups excluding carboxylic acids is 1. The first-order valence-electron chi connectivity index (χ1n) is 13.3. The molecule has 9 heteroatoms. The van der Waals surface area contributed by atoms with E-state index in [1.165, 1.54) is 5.57 Å². The van der Waals surface area contributed by atoms with Gasteiger partial charge in [-0.05, 0) is 74.4 Å². The summed E-state index contributed by atoms with van der Waals surface area (Å²) >= 11 is 3.35. The van der Waals surface area contributed by atoms with Gasteiger partial charge < -0.3 is 4.90 Å². The van der Waals surface area contributed by atoms with Crippen molar-refractivity contribution in [3.63, 3.8) is 0 Å². The summed E-state index contributed by atoms with van der Waals surface area (Å²) in [7, 11) is -3.58. The number of carbonyl (C=O) groups is 1. The second-order valence-corrected chi connectivity index (χ2v) is 12.9. The maximum absolute atomic E-state index is 13.8. The molecule has 0 spiro atoms. The van der Waals surface area contributed by atoms with Crippen LogP contribution in [-0.2, 0) is 14.8 Å². The van der Waals surface area contributed by atoms with Crippen molar-refractivity contribution in [1.82, 2.24) is 14.5 Å². The number of benzene rings is 1. The van der Waals surface area contributed by atoms with Gasteiger partial charge in [-0.2, -0.15) is 0 Å². The van der Waals surface area contributed by atoms with Gasteiger partial charge >= 0.3 is 0 Å². The van der Waals surface area contributed by atoms with E-state index >= 15 is 0 Å². The molecule has 2 atom stereocenters. The standard InChI is InChI=1S/C28H35BrN4O3S/c29-23-11-15-25(16-12-23)37(35,36)31-24-13-9-22(10-14-24)28(34)33-19-18-32(27-8-4-5-17-30-27)20-26(33)21-6-2-1-3-7-21/h1-2,4-6,11-12,15-17,22,24,26-27,31H,3,7-10,13-14,18-20H2/t22?,24?,26-,27?/m1/s1. The zero-order valence-electron chi connectivity index (χ0n) is 21.0. The second kappa shape index (κ2) is 11.8. The van der Waals surface area contributed by atoms with Crippen molar-refractivity contribution in [3.05, 3.63) is 64.7 Å². The number of aliphatic imine (C=N–C) groups is 1. The Bertz CT molecular complexity index is 1200. The maximum Gasteiger partial charge on any atom is 0.240 e. The number of hydrogen-bond acceptors (Lipinski definition) is 5. The molecule has 2 aliphatic carbocycles. The lowest BCUT2D eigenvalue weighted by Gasteiger charge is -2.46. The molecular formula is C28H35BrN4O3S. The highest BCUT2D eigenvalue weighted by Gasteiger charge is 2.39. The van der Waals surface area contributed by atoms with E-state index in [0.717, 1.165) is 36.8 Å². The quantitative estimate of drug-likeness (QED) is 0.534. The molecule has 2 fully saturated rings. The van der Waals surface area contributed by atoms with Crippen LogP contribution in [0.2, 0.25) is 0 Å². The minimum Gasteiger partial charge on any atom is -0.333 e. The molecule has 198 valence electrons. The number of nitrogens with zero attached hydrogens (tertiary/aromatic N) is 3. The van der Waals surface area contributed by atoms with E-state index in [2.05, 4.69) is 59.7 Å². The van der Waals surface area contributed by atoms with Crippen LogP contribution in [0.5, 0.6) is 0 Å². The van der Waals surface area contributed by atoms with Crippen LogP contribution in [0.15, 0.2) is 74.6 Å². The maximum atomic E-state index is 13.8. The lowest BCUT2D eigenvalue weighted by atomic mass is 9.84. The van der Waals surface area contributed by atoms with Crippen molar-refractivity contribution in [2.45, 2.75) is 68.1 Å². The summed E-state index contributed by atoms with van der Waals surface area (Å²) in [4.78, 5) is 23.3. The molecule has 2 aliphatic heterocycles. The van der Waals surface area contributed by atoms with Gasteiger partial charge in [0.25, 0.3) is 0 Å². The Morgan fingerprint density at radius 1 is 1.03 bits per heavy atom. The summed E-state index contributed by atoms with van der Waals surface area (Å²) in [6.45, 7) is 2.34. The molecule has 1 saturated heterocycles. The third-order valence-corrected chi connectivity index (χ3v) is 10.0. The summed E-state index contributed by atoms with van der Waals surface area (Å²) in [5, 5.41) is 0. The van der Waals surface area contributed by atoms with Crippen molar-refractivity contribution < 1.29 is 13.2 Å². The third-order valence-electron chi connectivity index (χ3n) is 7.94. The number of piperazine rings is 1. The van der Waals surface area contributed by atoms with Gasteiger partial charge in [0, 0.05) is 48.7 Å². The van der Waals surface area contributed by atoms with Crippen molar-refractivity contribution in [1.29, 1.82) is 0 Å². The fraction of sp³-hybridized carbons (Fsp3) is 0.500. The number of rotatable bonds is 6. The highest BCUT2D eigenvalue weighted by atomic mass is 79.9. The smallest absolute Gasteiger partial charge is 0.240 e. The van der Waals surface area contributed by atoms with Crippen molar-refractivity contribution >= 4 is 38.1 Å². The molecule has 4 aliphatic rings. The van der Waals surface area contributed by atoms with E-state index in [4.69, 9.17) is 0 Å². The molecule has 1 N–H and O–H groups in total. The largest absolute Gasteiger partial charge is 0.333 e. The van der Waals surface area contributed by atoms with E-state index in [1.54, 1.807) is 24.3 Å². The summed E-state index contributed by atoms with van der Waals surface area (Å²) in [5.41, 5.74) is 1.33. The van der Waals surface area contributed by atoms with Crippen molar-refractivity contribution in [3.8, 4) is 0 Å². The average molecular weight is 588 g/mol. The molecule has 7 nitrogen and oxygen atoms in total. The number of halogens is 1. The average Bonchev–Trinajstić information content (AvgIpc) is 2.94. The van der Waals surface area contributed by atoms with E-state index in [9.17, 15) is 13.2 Å². The molecule has 2 heterocycles. The predicted octanol–water partition coefficient (Wildman–Crippen LogP) is 4.43. The molecule has 0 radical (unpaired) electrons. The van der Waals surface area contributed by atoms with Gasteiger partial charge in [-0.1, -0.05) is 40.2 Å². The summed E-state index contributed by atoms with van der Waals surface area (Å²) < 4.78 is 29.3. The molecule has 0 aromatic heterocycles. The number of dihydropyridines is 1. The first kappa shape index (κ1) is 26.5. The van der Waals surface area contributed by atoms with E-state index in [0.29, 0.717) is 32.2 Å². The van der Waals surface area contributed by atoms with Crippen LogP contribution in [0.4, 0.5) is 0 Å². The van der Waals surface area contributed by atoms with Crippen molar-refractivity contribution in [2.75, 3.05) is 19.6 Å². The van der Waals surface area contributed by atoms with Gasteiger partial charge in [-0.3, -0.25) is 14.7 Å². The zero-order chi connectivity index (χ0) is 25.8. The van der Waals surface area contributed by atoms with Gasteiger partial charge in [0.2, 0.25) is 15.9 Å². The van der Waals surface area contributed by atoms with E-state index in [1.807, 2.05) is 12.3 Å². The predicted molar refractivity (Wildman–Crippen MR) is 150 cm³/mol. The number of amides is 1. The molecule has 1 saturated carbocycles. The minimum atomic E-state index is -3.58. The minimum absolute atomic E-state index is 0.0575. The first-order valence-corrected chi connectivity index (χ1v) is 15.5. The van der Waals surface area contributed by atoms with Crippen LogP contribution in [-0.4, -0.2) is 68.2 Å². The Hall–Kier alpha value is -2.07. The molecule has 1 aromatic rings. The van der Waals surface area contributed by atoms with Gasteiger partial charge in [0.15, 0.2) is 0 Å². The lowest BCUT2D eigenvalue weighted by molar-refractivity contribution is -0.141. The van der Waals surface area contributed by atoms with Gasteiger partial charge in [0.05, 0.1) is 10.9 Å². The fourth-order valence-electron chi connectivity index (χ4n) is 5.86. The van der Waals surface area contributed by atoms with Gasteiger partial charge in [0.1, 0.15) is 6.17 Å². The molecule has 1 amide bonds. The Morgan fingerprint density at radius 2 is 1.81 bits per heavy atom. The molecule has 1 unspecified atom stereocenters. The molecule has 37 heavy (non-hydrogen) atoms. The topological polar surface area (TPSA) is 82.1 Å². The Kier molecular flexibility index (Phi) is 8.43. The number of allylic oxidation sites excluding steroid dienone is 4. The fourth-order valence-corrected chi connectivity index (χ4v) is 7.43. The van der Waals surface area contributed by atoms with Gasteiger partial charge in [-0.15, -0.1) is 0 Å². The van der Waals surface area contributed by atoms with Crippen LogP contribution < -0.4 is 4.72 Å². The summed E-state index contributed by atoms with van der Waals surface area (Å²) in [6.07, 6.45) is 18.3. The summed E-state index contributed by atoms with van der Waals surface area (Å²) in [5.74, 6) is 0.166. The van der Waals surface area contributed by atoms with Crippen LogP contribution in [0, 0.1) is 5.92 Å². The zero-order valence-corrected chi connectivity index (χ0v) is 23.4. The number of sulfonamides is 1. The van der Waals surface area contributed by atoms with E-state index in [-0.39, 0.29) is 35.0 Å². The third kappa shape index (κ3) is 6.33. The number of nitrogens with one attached hydrogen (secondary N) is 1. The number of hydrogen-bond donors (Lipinski definition) is 1. The summed E-state index contributed by atoms with van der Waals surface area (Å²) in [6, 6.07) is 6.59. The van der Waals surface area contributed by atoms with Crippen LogP contribution in [0.1, 0.15) is 44.9 Å². The second-order valence-electron chi connectivity index (χ2n) is 10.3. The molecular weight excluding hydrogens is 552 g/mol. The van der Waals surface area contributed by atoms with Crippen molar-refractivity contribution in [2.24, 2.45) is 10.9 Å². The SMILES string of the molecule is O=C(C1CCC(NS(=O)(=O)c2ccc(Br)cc2)CC1)N1CCN(C2CC=CC=N2)C[C@@H]1C1=CC=CCC1. The van der Waals surface area contributed by atoms with Crippen LogP contribution in [0.3, 0.4) is 0 Å². The van der Waals surface area contributed by atoms with Gasteiger partial charge in [-0.25, -0.2) is 13.1 Å². The first-order chi connectivity index (χ1) is 17.9. The monoisotopic (exact) mass is 586 g/mol. The molecule has 0 bridgehead atoms. The Balaban J connectivity index is 1.22. The Labute approximate surface area is 228 Å². The molecule has 1 aromatic carbocycles. The van der Waals surface area contributed by atoms with Crippen LogP contribution >= 0.6 is 15.9 Å². The Morgan fingerprint density at radius 3 is 2.49 bits per heavy atom. The van der Waals surface area contributed by atoms with Crippen LogP contribution in [0.25, 0.3) is 0 Å². The normalized spacial score (nSPS) is 28.8. The van der Waals surface area contributed by atoms with E-state index < -0.39 is 10.0 Å². The molecule has 5 rings (SSSR count). The highest BCUT2D eigenvalue weighted by molar-refractivity contribution is 9.10.